The lowest BCUT2D eigenvalue weighted by atomic mass is 9.77. The van der Waals surface area contributed by atoms with Gasteiger partial charge in [-0.3, -0.25) is 0 Å². The zero-order valence-electron chi connectivity index (χ0n) is 9.81. The molecule has 1 aliphatic rings. The Morgan fingerprint density at radius 2 is 2.24 bits per heavy atom. The molecule has 0 saturated heterocycles. The summed E-state index contributed by atoms with van der Waals surface area (Å²) in [6, 6.07) is 3.19. The Bertz CT molecular complexity index is 504. The number of aromatic nitrogens is 1. The fourth-order valence-electron chi connectivity index (χ4n) is 2.02. The minimum Gasteiger partial charge on any atom is -0.362 e. The monoisotopic (exact) mass is 255 g/mol. The second-order valence-electron chi connectivity index (χ2n) is 4.59. The maximum absolute atomic E-state index is 11.6. The number of nitrogens with two attached hydrogens (primary N) is 1. The van der Waals surface area contributed by atoms with Gasteiger partial charge in [0.25, 0.3) is 0 Å². The van der Waals surface area contributed by atoms with E-state index in [1.807, 2.05) is 0 Å². The molecule has 2 rings (SSSR count). The summed E-state index contributed by atoms with van der Waals surface area (Å²) >= 11 is 0. The Hall–Kier alpha value is -1.14. The van der Waals surface area contributed by atoms with Gasteiger partial charge < -0.3 is 11.1 Å². The lowest BCUT2D eigenvalue weighted by Crippen LogP contribution is -2.51. The number of nitrogens with one attached hydrogen (secondary N) is 1. The third kappa shape index (κ3) is 2.42. The van der Waals surface area contributed by atoms with Gasteiger partial charge in [0.15, 0.2) is 9.84 Å². The summed E-state index contributed by atoms with van der Waals surface area (Å²) in [5.74, 6) is 0.417. The molecule has 17 heavy (non-hydrogen) atoms. The number of pyridine rings is 1. The van der Waals surface area contributed by atoms with Crippen LogP contribution in [0.5, 0.6) is 0 Å². The SMILES string of the molecule is CS(=O)(=O)c1cccnc1NC1(CN)CCC1. The topological polar surface area (TPSA) is 85.1 Å². The molecule has 6 heteroatoms. The Balaban J connectivity index is 2.33. The van der Waals surface area contributed by atoms with Crippen molar-refractivity contribution in [2.45, 2.75) is 29.7 Å². The average Bonchev–Trinajstić information content (AvgIpc) is 2.23. The van der Waals surface area contributed by atoms with E-state index in [0.717, 1.165) is 19.3 Å². The van der Waals surface area contributed by atoms with Crippen LogP contribution in [0.3, 0.4) is 0 Å². The van der Waals surface area contributed by atoms with E-state index in [4.69, 9.17) is 5.73 Å². The van der Waals surface area contributed by atoms with Crippen molar-refractivity contribution in [1.82, 2.24) is 4.98 Å². The summed E-state index contributed by atoms with van der Waals surface area (Å²) in [5, 5.41) is 3.20. The molecule has 0 bridgehead atoms. The predicted octanol–water partition coefficient (Wildman–Crippen LogP) is 0.778. The van der Waals surface area contributed by atoms with Crippen LogP contribution in [0.25, 0.3) is 0 Å². The van der Waals surface area contributed by atoms with Crippen molar-refractivity contribution >= 4 is 15.7 Å². The Morgan fingerprint density at radius 1 is 1.53 bits per heavy atom. The van der Waals surface area contributed by atoms with Crippen LogP contribution in [0, 0.1) is 0 Å². The number of rotatable bonds is 4. The lowest BCUT2D eigenvalue weighted by Gasteiger charge is -2.42. The van der Waals surface area contributed by atoms with E-state index in [-0.39, 0.29) is 10.4 Å². The zero-order chi connectivity index (χ0) is 12.5. The van der Waals surface area contributed by atoms with E-state index in [1.54, 1.807) is 18.3 Å². The molecule has 0 radical (unpaired) electrons. The molecule has 5 nitrogen and oxygen atoms in total. The Labute approximate surface area is 101 Å². The molecule has 1 fully saturated rings. The highest BCUT2D eigenvalue weighted by atomic mass is 32.2. The van der Waals surface area contributed by atoms with Gasteiger partial charge in [0, 0.05) is 19.0 Å². The standard InChI is InChI=1S/C11H17N3O2S/c1-17(15,16)9-4-2-7-13-10(9)14-11(8-12)5-3-6-11/h2,4,7H,3,5-6,8,12H2,1H3,(H,13,14). The molecule has 1 heterocycles. The van der Waals surface area contributed by atoms with Crippen LogP contribution in [0.4, 0.5) is 5.82 Å². The second kappa shape index (κ2) is 4.27. The molecule has 0 atom stereocenters. The highest BCUT2D eigenvalue weighted by molar-refractivity contribution is 7.90. The van der Waals surface area contributed by atoms with Crippen LogP contribution in [-0.4, -0.2) is 31.7 Å². The van der Waals surface area contributed by atoms with Crippen LogP contribution >= 0.6 is 0 Å². The third-order valence-electron chi connectivity index (χ3n) is 3.26. The molecule has 94 valence electrons. The number of hydrogen-bond acceptors (Lipinski definition) is 5. The van der Waals surface area contributed by atoms with E-state index in [9.17, 15) is 8.42 Å². The maximum Gasteiger partial charge on any atom is 0.179 e. The van der Waals surface area contributed by atoms with Crippen molar-refractivity contribution in [3.05, 3.63) is 18.3 Å². The second-order valence-corrected chi connectivity index (χ2v) is 6.57. The Kier molecular flexibility index (Phi) is 3.09. The highest BCUT2D eigenvalue weighted by Gasteiger charge is 2.36. The maximum atomic E-state index is 11.6. The first-order valence-electron chi connectivity index (χ1n) is 5.60. The molecule has 0 aliphatic heterocycles. The minimum atomic E-state index is -3.26. The van der Waals surface area contributed by atoms with Gasteiger partial charge in [-0.2, -0.15) is 0 Å². The zero-order valence-corrected chi connectivity index (χ0v) is 10.6. The first-order valence-corrected chi connectivity index (χ1v) is 7.49. The number of nitrogens with zero attached hydrogens (tertiary/aromatic N) is 1. The molecule has 0 spiro atoms. The van der Waals surface area contributed by atoms with Crippen LogP contribution in [-0.2, 0) is 9.84 Å². The van der Waals surface area contributed by atoms with E-state index in [2.05, 4.69) is 10.3 Å². The van der Waals surface area contributed by atoms with Gasteiger partial charge in [-0.15, -0.1) is 0 Å². The molecule has 0 aromatic carbocycles. The van der Waals surface area contributed by atoms with Gasteiger partial charge >= 0.3 is 0 Å². The van der Waals surface area contributed by atoms with Gasteiger partial charge in [0.1, 0.15) is 10.7 Å². The van der Waals surface area contributed by atoms with E-state index in [0.29, 0.717) is 12.4 Å². The van der Waals surface area contributed by atoms with E-state index < -0.39 is 9.84 Å². The molecule has 0 amide bonds. The largest absolute Gasteiger partial charge is 0.362 e. The summed E-state index contributed by atoms with van der Waals surface area (Å²) in [6.45, 7) is 0.493. The molecule has 1 saturated carbocycles. The fraction of sp³-hybridized carbons (Fsp3) is 0.545. The van der Waals surface area contributed by atoms with Crippen LogP contribution < -0.4 is 11.1 Å². The normalized spacial score (nSPS) is 18.5. The van der Waals surface area contributed by atoms with E-state index in [1.165, 1.54) is 6.26 Å². The quantitative estimate of drug-likeness (QED) is 0.830. The van der Waals surface area contributed by atoms with Crippen molar-refractivity contribution < 1.29 is 8.42 Å². The lowest BCUT2D eigenvalue weighted by molar-refractivity contribution is 0.286. The van der Waals surface area contributed by atoms with Crippen LogP contribution in [0.2, 0.25) is 0 Å². The number of sulfone groups is 1. The van der Waals surface area contributed by atoms with Gasteiger partial charge in [0.05, 0.1) is 5.54 Å². The van der Waals surface area contributed by atoms with Crippen molar-refractivity contribution in [2.75, 3.05) is 18.1 Å². The highest BCUT2D eigenvalue weighted by Crippen LogP contribution is 2.35. The van der Waals surface area contributed by atoms with Gasteiger partial charge in [-0.25, -0.2) is 13.4 Å². The number of anilines is 1. The molecule has 1 aromatic rings. The summed E-state index contributed by atoms with van der Waals surface area (Å²) in [6.07, 6.45) is 5.81. The van der Waals surface area contributed by atoms with Gasteiger partial charge in [-0.1, -0.05) is 0 Å². The first kappa shape index (κ1) is 12.3. The average molecular weight is 255 g/mol. The van der Waals surface area contributed by atoms with Crippen molar-refractivity contribution in [2.24, 2.45) is 5.73 Å². The molecular formula is C11H17N3O2S. The molecule has 0 unspecified atom stereocenters. The molecule has 1 aromatic heterocycles. The van der Waals surface area contributed by atoms with Crippen LogP contribution in [0.1, 0.15) is 19.3 Å². The fourth-order valence-corrected chi connectivity index (χ4v) is 2.80. The van der Waals surface area contributed by atoms with Crippen molar-refractivity contribution in [3.63, 3.8) is 0 Å². The van der Waals surface area contributed by atoms with Crippen LogP contribution in [0.15, 0.2) is 23.2 Å². The smallest absolute Gasteiger partial charge is 0.179 e. The Morgan fingerprint density at radius 3 is 2.71 bits per heavy atom. The number of hydrogen-bond donors (Lipinski definition) is 2. The van der Waals surface area contributed by atoms with E-state index >= 15 is 0 Å². The summed E-state index contributed by atoms with van der Waals surface area (Å²) in [7, 11) is -3.26. The summed E-state index contributed by atoms with van der Waals surface area (Å²) < 4.78 is 23.2. The first-order chi connectivity index (χ1) is 7.97. The van der Waals surface area contributed by atoms with Gasteiger partial charge in [-0.05, 0) is 31.4 Å². The van der Waals surface area contributed by atoms with Crippen molar-refractivity contribution in [3.8, 4) is 0 Å². The molecular weight excluding hydrogens is 238 g/mol. The minimum absolute atomic E-state index is 0.173. The summed E-state index contributed by atoms with van der Waals surface area (Å²) in [4.78, 5) is 4.35. The summed E-state index contributed by atoms with van der Waals surface area (Å²) in [5.41, 5.74) is 5.56. The molecule has 3 N–H and O–H groups in total. The van der Waals surface area contributed by atoms with Crippen molar-refractivity contribution in [1.29, 1.82) is 0 Å². The van der Waals surface area contributed by atoms with Gasteiger partial charge in [0.2, 0.25) is 0 Å². The molecule has 1 aliphatic carbocycles. The predicted molar refractivity (Wildman–Crippen MR) is 66.6 cm³/mol. The third-order valence-corrected chi connectivity index (χ3v) is 4.38.